The maximum absolute atomic E-state index is 12.4. The molecule has 0 aromatic heterocycles. The predicted molar refractivity (Wildman–Crippen MR) is 88.8 cm³/mol. The highest BCUT2D eigenvalue weighted by Crippen LogP contribution is 2.05. The minimum Gasteiger partial charge on any atom is -0.368 e. The smallest absolute Gasteiger partial charge is 0.243 e. The van der Waals surface area contributed by atoms with Crippen LogP contribution in [0.25, 0.3) is 0 Å². The Kier molecular flexibility index (Phi) is 7.61. The van der Waals surface area contributed by atoms with Crippen molar-refractivity contribution in [2.24, 2.45) is 5.73 Å². The van der Waals surface area contributed by atoms with Gasteiger partial charge < -0.3 is 21.2 Å². The van der Waals surface area contributed by atoms with Crippen LogP contribution in [0, 0.1) is 0 Å². The zero-order valence-corrected chi connectivity index (χ0v) is 13.9. The SMILES string of the molecule is CC(=O)CC[C@H](NC(=O)[C@H](Cc1ccccc1)NC(C)=O)C(N)=O. The standard InChI is InChI=1S/C17H23N3O4/c1-11(21)8-9-14(16(18)23)20-17(24)15(19-12(2)22)10-13-6-4-3-5-7-13/h3-7,14-15H,8-10H2,1-2H3,(H2,18,23)(H,19,22)(H,20,24)/t14-,15-/m0/s1. The fraction of sp³-hybridized carbons (Fsp3) is 0.412. The number of Topliss-reactive ketones (excluding diaryl/α,β-unsaturated/α-hetero) is 1. The Balaban J connectivity index is 2.79. The van der Waals surface area contributed by atoms with Crippen molar-refractivity contribution in [2.75, 3.05) is 0 Å². The van der Waals surface area contributed by atoms with Crippen molar-refractivity contribution < 1.29 is 19.2 Å². The fourth-order valence-corrected chi connectivity index (χ4v) is 2.21. The van der Waals surface area contributed by atoms with E-state index < -0.39 is 23.9 Å². The molecule has 1 aromatic rings. The summed E-state index contributed by atoms with van der Waals surface area (Å²) in [6, 6.07) is 7.40. The average molecular weight is 333 g/mol. The molecular weight excluding hydrogens is 310 g/mol. The Bertz CT molecular complexity index is 601. The van der Waals surface area contributed by atoms with E-state index in [2.05, 4.69) is 10.6 Å². The van der Waals surface area contributed by atoms with E-state index in [1.165, 1.54) is 13.8 Å². The van der Waals surface area contributed by atoms with Crippen LogP contribution in [-0.4, -0.2) is 35.6 Å². The van der Waals surface area contributed by atoms with Crippen LogP contribution in [0.4, 0.5) is 0 Å². The molecule has 0 unspecified atom stereocenters. The Hall–Kier alpha value is -2.70. The Morgan fingerprint density at radius 2 is 1.62 bits per heavy atom. The molecule has 0 saturated carbocycles. The van der Waals surface area contributed by atoms with Crippen molar-refractivity contribution in [2.45, 2.75) is 45.2 Å². The van der Waals surface area contributed by atoms with Gasteiger partial charge in [-0.05, 0) is 18.9 Å². The number of primary amides is 1. The molecule has 1 rings (SSSR count). The van der Waals surface area contributed by atoms with Crippen molar-refractivity contribution in [3.63, 3.8) is 0 Å². The van der Waals surface area contributed by atoms with Gasteiger partial charge in [-0.2, -0.15) is 0 Å². The first-order valence-electron chi connectivity index (χ1n) is 7.69. The van der Waals surface area contributed by atoms with Crippen LogP contribution in [0.5, 0.6) is 0 Å². The zero-order chi connectivity index (χ0) is 18.1. The number of rotatable bonds is 9. The van der Waals surface area contributed by atoms with Gasteiger partial charge in [0.05, 0.1) is 0 Å². The number of amides is 3. The molecular formula is C17H23N3O4. The van der Waals surface area contributed by atoms with Crippen molar-refractivity contribution in [3.05, 3.63) is 35.9 Å². The molecule has 1 aromatic carbocycles. The summed E-state index contributed by atoms with van der Waals surface area (Å²) in [7, 11) is 0. The van der Waals surface area contributed by atoms with Crippen LogP contribution in [0.3, 0.4) is 0 Å². The van der Waals surface area contributed by atoms with E-state index in [0.717, 1.165) is 5.56 Å². The van der Waals surface area contributed by atoms with Gasteiger partial charge in [-0.3, -0.25) is 14.4 Å². The third-order valence-corrected chi connectivity index (χ3v) is 3.42. The molecule has 0 fully saturated rings. The van der Waals surface area contributed by atoms with Crippen molar-refractivity contribution in [1.82, 2.24) is 10.6 Å². The molecule has 0 aliphatic rings. The molecule has 0 saturated heterocycles. The molecule has 0 aliphatic carbocycles. The summed E-state index contributed by atoms with van der Waals surface area (Å²) in [6.45, 7) is 2.71. The Labute approximate surface area is 141 Å². The molecule has 24 heavy (non-hydrogen) atoms. The number of carbonyl (C=O) groups is 4. The average Bonchev–Trinajstić information content (AvgIpc) is 2.50. The lowest BCUT2D eigenvalue weighted by Crippen LogP contribution is -2.53. The summed E-state index contributed by atoms with van der Waals surface area (Å²) in [4.78, 5) is 46.3. The number of nitrogens with two attached hydrogens (primary N) is 1. The molecule has 0 radical (unpaired) electrons. The monoisotopic (exact) mass is 333 g/mol. The molecule has 130 valence electrons. The lowest BCUT2D eigenvalue weighted by molar-refractivity contribution is -0.131. The topological polar surface area (TPSA) is 118 Å². The number of hydrogen-bond acceptors (Lipinski definition) is 4. The predicted octanol–water partition coefficient (Wildman–Crippen LogP) is 0.0731. The summed E-state index contributed by atoms with van der Waals surface area (Å²) in [6.07, 6.45) is 0.552. The molecule has 0 bridgehead atoms. The summed E-state index contributed by atoms with van der Waals surface area (Å²) in [5.41, 5.74) is 6.14. The largest absolute Gasteiger partial charge is 0.368 e. The van der Waals surface area contributed by atoms with Gasteiger partial charge >= 0.3 is 0 Å². The van der Waals surface area contributed by atoms with Crippen LogP contribution in [0.15, 0.2) is 30.3 Å². The molecule has 7 nitrogen and oxygen atoms in total. The van der Waals surface area contributed by atoms with E-state index in [1.807, 2.05) is 30.3 Å². The second-order valence-corrected chi connectivity index (χ2v) is 5.65. The van der Waals surface area contributed by atoms with Gasteiger partial charge in [0.1, 0.15) is 17.9 Å². The van der Waals surface area contributed by atoms with E-state index in [1.54, 1.807) is 0 Å². The molecule has 2 atom stereocenters. The van der Waals surface area contributed by atoms with E-state index >= 15 is 0 Å². The van der Waals surface area contributed by atoms with Gasteiger partial charge in [0.25, 0.3) is 0 Å². The van der Waals surface area contributed by atoms with Crippen molar-refractivity contribution in [3.8, 4) is 0 Å². The third kappa shape index (κ3) is 7.04. The molecule has 0 heterocycles. The van der Waals surface area contributed by atoms with Crippen molar-refractivity contribution >= 4 is 23.5 Å². The molecule has 3 amide bonds. The number of carbonyl (C=O) groups excluding carboxylic acids is 4. The maximum Gasteiger partial charge on any atom is 0.243 e. The number of hydrogen-bond donors (Lipinski definition) is 3. The van der Waals surface area contributed by atoms with E-state index in [4.69, 9.17) is 5.73 Å². The summed E-state index contributed by atoms with van der Waals surface area (Å²) in [5, 5.41) is 5.08. The van der Waals surface area contributed by atoms with Crippen LogP contribution in [-0.2, 0) is 25.6 Å². The highest BCUT2D eigenvalue weighted by atomic mass is 16.2. The van der Waals surface area contributed by atoms with E-state index in [9.17, 15) is 19.2 Å². The minimum absolute atomic E-state index is 0.0989. The quantitative estimate of drug-likeness (QED) is 0.592. The van der Waals surface area contributed by atoms with Gasteiger partial charge in [0, 0.05) is 19.8 Å². The fourth-order valence-electron chi connectivity index (χ4n) is 2.21. The third-order valence-electron chi connectivity index (χ3n) is 3.42. The van der Waals surface area contributed by atoms with Crippen LogP contribution < -0.4 is 16.4 Å². The van der Waals surface area contributed by atoms with Crippen molar-refractivity contribution in [1.29, 1.82) is 0 Å². The number of nitrogens with one attached hydrogen (secondary N) is 2. The first kappa shape index (κ1) is 19.3. The summed E-state index contributed by atoms with van der Waals surface area (Å²) < 4.78 is 0. The Morgan fingerprint density at radius 3 is 2.12 bits per heavy atom. The second-order valence-electron chi connectivity index (χ2n) is 5.65. The lowest BCUT2D eigenvalue weighted by atomic mass is 10.0. The molecule has 7 heteroatoms. The summed E-state index contributed by atoms with van der Waals surface area (Å²) >= 11 is 0. The van der Waals surface area contributed by atoms with Crippen LogP contribution >= 0.6 is 0 Å². The van der Waals surface area contributed by atoms with Gasteiger partial charge in [-0.25, -0.2) is 0 Å². The molecule has 0 spiro atoms. The minimum atomic E-state index is -0.951. The highest BCUT2D eigenvalue weighted by Gasteiger charge is 2.25. The second kappa shape index (κ2) is 9.44. The number of ketones is 1. The first-order valence-corrected chi connectivity index (χ1v) is 7.69. The first-order chi connectivity index (χ1) is 11.3. The highest BCUT2D eigenvalue weighted by molar-refractivity contribution is 5.91. The zero-order valence-electron chi connectivity index (χ0n) is 13.9. The molecule has 0 aliphatic heterocycles. The van der Waals surface area contributed by atoms with Gasteiger partial charge in [-0.15, -0.1) is 0 Å². The van der Waals surface area contributed by atoms with Crippen LogP contribution in [0.2, 0.25) is 0 Å². The lowest BCUT2D eigenvalue weighted by Gasteiger charge is -2.21. The van der Waals surface area contributed by atoms with Crippen LogP contribution in [0.1, 0.15) is 32.3 Å². The summed E-state index contributed by atoms with van der Waals surface area (Å²) in [5.74, 6) is -1.68. The van der Waals surface area contributed by atoms with E-state index in [-0.39, 0.29) is 31.0 Å². The normalized spacial score (nSPS) is 12.8. The maximum atomic E-state index is 12.4. The van der Waals surface area contributed by atoms with Gasteiger partial charge in [0.2, 0.25) is 17.7 Å². The Morgan fingerprint density at radius 1 is 1.00 bits per heavy atom. The van der Waals surface area contributed by atoms with Gasteiger partial charge in [0.15, 0.2) is 0 Å². The molecule has 4 N–H and O–H groups in total. The number of benzene rings is 1. The van der Waals surface area contributed by atoms with Gasteiger partial charge in [-0.1, -0.05) is 30.3 Å². The van der Waals surface area contributed by atoms with E-state index in [0.29, 0.717) is 0 Å².